The van der Waals surface area contributed by atoms with E-state index >= 15 is 0 Å². The molecule has 0 amide bonds. The molecular formula is C15H22ClNO2. The van der Waals surface area contributed by atoms with Crippen molar-refractivity contribution in [2.45, 2.75) is 25.7 Å². The van der Waals surface area contributed by atoms with Crippen molar-refractivity contribution >= 4 is 17.3 Å². The topological polar surface area (TPSA) is 41.5 Å². The van der Waals surface area contributed by atoms with Crippen LogP contribution < -0.4 is 10.1 Å². The monoisotopic (exact) mass is 283 g/mol. The van der Waals surface area contributed by atoms with Crippen molar-refractivity contribution in [2.24, 2.45) is 11.8 Å². The summed E-state index contributed by atoms with van der Waals surface area (Å²) in [6.07, 6.45) is 4.86. The Labute approximate surface area is 119 Å². The van der Waals surface area contributed by atoms with Gasteiger partial charge in [-0.25, -0.2) is 0 Å². The van der Waals surface area contributed by atoms with Crippen molar-refractivity contribution in [2.75, 3.05) is 25.6 Å². The molecule has 0 heterocycles. The molecule has 0 radical (unpaired) electrons. The van der Waals surface area contributed by atoms with Crippen molar-refractivity contribution in [3.05, 3.63) is 23.2 Å². The standard InChI is InChI=1S/C15H22ClNO2/c1-19-15-7-6-13(8-14(15)16)17-9-11-4-2-3-5-12(11)10-18/h6-8,11-12,17-18H,2-5,9-10H2,1H3. The van der Waals surface area contributed by atoms with Crippen LogP contribution in [0.4, 0.5) is 5.69 Å². The fraction of sp³-hybridized carbons (Fsp3) is 0.600. The molecule has 1 saturated carbocycles. The Morgan fingerprint density at radius 1 is 1.32 bits per heavy atom. The molecule has 2 atom stereocenters. The highest BCUT2D eigenvalue weighted by Gasteiger charge is 2.24. The highest BCUT2D eigenvalue weighted by molar-refractivity contribution is 6.32. The molecule has 2 N–H and O–H groups in total. The maximum atomic E-state index is 9.41. The fourth-order valence-corrected chi connectivity index (χ4v) is 3.08. The molecule has 4 heteroatoms. The van der Waals surface area contributed by atoms with E-state index in [-0.39, 0.29) is 0 Å². The van der Waals surface area contributed by atoms with Gasteiger partial charge in [0.2, 0.25) is 0 Å². The number of nitrogens with one attached hydrogen (secondary N) is 1. The predicted molar refractivity (Wildman–Crippen MR) is 79.0 cm³/mol. The Morgan fingerprint density at radius 2 is 2.05 bits per heavy atom. The minimum absolute atomic E-state index is 0.301. The third-order valence-corrected chi connectivity index (χ3v) is 4.32. The lowest BCUT2D eigenvalue weighted by atomic mass is 9.79. The Hall–Kier alpha value is -0.930. The van der Waals surface area contributed by atoms with Gasteiger partial charge in [0.15, 0.2) is 0 Å². The van der Waals surface area contributed by atoms with Gasteiger partial charge in [-0.15, -0.1) is 0 Å². The summed E-state index contributed by atoms with van der Waals surface area (Å²) in [5, 5.41) is 13.4. The first-order valence-corrected chi connectivity index (χ1v) is 7.30. The molecule has 0 bridgehead atoms. The predicted octanol–water partition coefficient (Wildman–Crippen LogP) is 3.56. The number of ether oxygens (including phenoxy) is 1. The molecule has 106 valence electrons. The second-order valence-electron chi connectivity index (χ2n) is 5.22. The summed E-state index contributed by atoms with van der Waals surface area (Å²) in [4.78, 5) is 0. The summed E-state index contributed by atoms with van der Waals surface area (Å²) in [5.74, 6) is 1.69. The van der Waals surface area contributed by atoms with E-state index in [1.165, 1.54) is 19.3 Å². The van der Waals surface area contributed by atoms with E-state index in [9.17, 15) is 5.11 Å². The lowest BCUT2D eigenvalue weighted by molar-refractivity contribution is 0.141. The number of methoxy groups -OCH3 is 1. The first-order chi connectivity index (χ1) is 9.24. The lowest BCUT2D eigenvalue weighted by Gasteiger charge is -2.30. The summed E-state index contributed by atoms with van der Waals surface area (Å²) >= 11 is 6.10. The van der Waals surface area contributed by atoms with Gasteiger partial charge in [0, 0.05) is 18.8 Å². The molecule has 1 aliphatic carbocycles. The Balaban J connectivity index is 1.92. The van der Waals surface area contributed by atoms with Crippen LogP contribution in [0.15, 0.2) is 18.2 Å². The maximum Gasteiger partial charge on any atom is 0.137 e. The van der Waals surface area contributed by atoms with E-state index in [0.717, 1.165) is 18.7 Å². The smallest absolute Gasteiger partial charge is 0.137 e. The molecule has 1 aromatic rings. The van der Waals surface area contributed by atoms with Crippen molar-refractivity contribution in [1.82, 2.24) is 0 Å². The number of aliphatic hydroxyl groups excluding tert-OH is 1. The van der Waals surface area contributed by atoms with Gasteiger partial charge in [-0.2, -0.15) is 0 Å². The number of aliphatic hydroxyl groups is 1. The second kappa shape index (κ2) is 7.01. The van der Waals surface area contributed by atoms with Crippen molar-refractivity contribution < 1.29 is 9.84 Å². The minimum Gasteiger partial charge on any atom is -0.495 e. The first-order valence-electron chi connectivity index (χ1n) is 6.93. The van der Waals surface area contributed by atoms with Crippen LogP contribution >= 0.6 is 11.6 Å². The van der Waals surface area contributed by atoms with Gasteiger partial charge in [-0.3, -0.25) is 0 Å². The third kappa shape index (κ3) is 3.77. The average Bonchev–Trinajstić information content (AvgIpc) is 2.45. The molecule has 3 nitrogen and oxygen atoms in total. The van der Waals surface area contributed by atoms with Gasteiger partial charge in [-0.05, 0) is 42.9 Å². The molecule has 0 aromatic heterocycles. The average molecular weight is 284 g/mol. The molecule has 1 fully saturated rings. The van der Waals surface area contributed by atoms with E-state index in [0.29, 0.717) is 29.2 Å². The summed E-state index contributed by atoms with van der Waals surface area (Å²) in [5.41, 5.74) is 1.01. The third-order valence-electron chi connectivity index (χ3n) is 4.02. The summed E-state index contributed by atoms with van der Waals surface area (Å²) < 4.78 is 5.14. The quantitative estimate of drug-likeness (QED) is 0.868. The number of anilines is 1. The van der Waals surface area contributed by atoms with Gasteiger partial charge in [0.05, 0.1) is 12.1 Å². The van der Waals surface area contributed by atoms with Crippen LogP contribution in [-0.2, 0) is 0 Å². The van der Waals surface area contributed by atoms with Gasteiger partial charge in [0.1, 0.15) is 5.75 Å². The SMILES string of the molecule is COc1ccc(NCC2CCCCC2CO)cc1Cl. The Morgan fingerprint density at radius 3 is 2.68 bits per heavy atom. The number of hydrogen-bond acceptors (Lipinski definition) is 3. The Kier molecular flexibility index (Phi) is 5.34. The van der Waals surface area contributed by atoms with Crippen LogP contribution in [0.25, 0.3) is 0 Å². The van der Waals surface area contributed by atoms with Crippen LogP contribution in [0.5, 0.6) is 5.75 Å². The number of hydrogen-bond donors (Lipinski definition) is 2. The molecule has 1 aliphatic rings. The highest BCUT2D eigenvalue weighted by atomic mass is 35.5. The maximum absolute atomic E-state index is 9.41. The number of benzene rings is 1. The zero-order chi connectivity index (χ0) is 13.7. The molecule has 0 spiro atoms. The Bertz CT molecular complexity index is 411. The zero-order valence-corrected chi connectivity index (χ0v) is 12.1. The van der Waals surface area contributed by atoms with E-state index in [1.54, 1.807) is 7.11 Å². The van der Waals surface area contributed by atoms with Crippen LogP contribution in [0.3, 0.4) is 0 Å². The fourth-order valence-electron chi connectivity index (χ4n) is 2.82. The summed E-state index contributed by atoms with van der Waals surface area (Å²) in [6.45, 7) is 1.20. The normalized spacial score (nSPS) is 23.1. The second-order valence-corrected chi connectivity index (χ2v) is 5.62. The van der Waals surface area contributed by atoms with Crippen molar-refractivity contribution in [1.29, 1.82) is 0 Å². The summed E-state index contributed by atoms with van der Waals surface area (Å²) in [7, 11) is 1.61. The molecule has 0 saturated heterocycles. The van der Waals surface area contributed by atoms with Gasteiger partial charge < -0.3 is 15.2 Å². The molecule has 0 aliphatic heterocycles. The zero-order valence-electron chi connectivity index (χ0n) is 11.4. The molecule has 19 heavy (non-hydrogen) atoms. The lowest BCUT2D eigenvalue weighted by Crippen LogP contribution is -2.28. The largest absolute Gasteiger partial charge is 0.495 e. The number of rotatable bonds is 5. The van der Waals surface area contributed by atoms with E-state index in [1.807, 2.05) is 18.2 Å². The molecule has 2 rings (SSSR count). The molecule has 1 aromatic carbocycles. The van der Waals surface area contributed by atoms with Gasteiger partial charge >= 0.3 is 0 Å². The van der Waals surface area contributed by atoms with Crippen LogP contribution in [-0.4, -0.2) is 25.4 Å². The summed E-state index contributed by atoms with van der Waals surface area (Å²) in [6, 6.07) is 5.73. The number of halogens is 1. The van der Waals surface area contributed by atoms with Crippen molar-refractivity contribution in [3.63, 3.8) is 0 Å². The first kappa shape index (κ1) is 14.5. The highest BCUT2D eigenvalue weighted by Crippen LogP contribution is 2.31. The van der Waals surface area contributed by atoms with E-state index in [4.69, 9.17) is 16.3 Å². The van der Waals surface area contributed by atoms with Crippen molar-refractivity contribution in [3.8, 4) is 5.75 Å². The van der Waals surface area contributed by atoms with E-state index in [2.05, 4.69) is 5.32 Å². The van der Waals surface area contributed by atoms with Crippen LogP contribution in [0.1, 0.15) is 25.7 Å². The van der Waals surface area contributed by atoms with E-state index < -0.39 is 0 Å². The van der Waals surface area contributed by atoms with Gasteiger partial charge in [-0.1, -0.05) is 24.4 Å². The van der Waals surface area contributed by atoms with Gasteiger partial charge in [0.25, 0.3) is 0 Å². The van der Waals surface area contributed by atoms with Crippen LogP contribution in [0, 0.1) is 11.8 Å². The minimum atomic E-state index is 0.301. The van der Waals surface area contributed by atoms with Crippen LogP contribution in [0.2, 0.25) is 5.02 Å². The molecular weight excluding hydrogens is 262 g/mol. The molecule has 2 unspecified atom stereocenters.